The normalized spacial score (nSPS) is 10.8. The van der Waals surface area contributed by atoms with Crippen molar-refractivity contribution in [3.63, 3.8) is 0 Å². The van der Waals surface area contributed by atoms with Gasteiger partial charge in [-0.05, 0) is 18.6 Å². The van der Waals surface area contributed by atoms with Crippen molar-refractivity contribution in [2.45, 2.75) is 6.92 Å². The van der Waals surface area contributed by atoms with E-state index in [4.69, 9.17) is 5.11 Å². The summed E-state index contributed by atoms with van der Waals surface area (Å²) < 4.78 is 0. The van der Waals surface area contributed by atoms with Gasteiger partial charge in [0.2, 0.25) is 0 Å². The molecule has 0 aliphatic heterocycles. The molecule has 6 heteroatoms. The Morgan fingerprint density at radius 2 is 1.59 bits per heavy atom. The minimum atomic E-state index is -1.52. The molecule has 0 amide bonds. The van der Waals surface area contributed by atoms with Crippen LogP contribution in [0.5, 0.6) is 5.75 Å². The second-order valence-corrected chi connectivity index (χ2v) is 4.54. The number of carboxylic acid groups (broad SMARTS) is 2. The first-order valence-electron chi connectivity index (χ1n) is 6.35. The number of aromatic hydroxyl groups is 1. The third-order valence-electron chi connectivity index (χ3n) is 3.03. The topological polar surface area (TPSA) is 108 Å². The fraction of sp³-hybridized carbons (Fsp3) is 0.0625. The lowest BCUT2D eigenvalue weighted by Crippen LogP contribution is -2.13. The second kappa shape index (κ2) is 6.09. The van der Waals surface area contributed by atoms with Crippen LogP contribution in [0.25, 0.3) is 12.2 Å². The van der Waals surface area contributed by atoms with Gasteiger partial charge < -0.3 is 15.3 Å². The quantitative estimate of drug-likeness (QED) is 0.801. The summed E-state index contributed by atoms with van der Waals surface area (Å²) in [6, 6.07) is 9.09. The van der Waals surface area contributed by atoms with E-state index in [9.17, 15) is 19.8 Å². The first kappa shape index (κ1) is 15.2. The van der Waals surface area contributed by atoms with Crippen LogP contribution in [0, 0.1) is 6.92 Å². The number of benzene rings is 1. The van der Waals surface area contributed by atoms with Crippen LogP contribution in [0.15, 0.2) is 30.3 Å². The summed E-state index contributed by atoms with van der Waals surface area (Å²) in [4.78, 5) is 26.6. The van der Waals surface area contributed by atoms with Crippen molar-refractivity contribution in [2.24, 2.45) is 0 Å². The van der Waals surface area contributed by atoms with Crippen LogP contribution in [-0.2, 0) is 0 Å². The number of hydrogen-bond donors (Lipinski definition) is 3. The molecule has 0 unspecified atom stereocenters. The van der Waals surface area contributed by atoms with Gasteiger partial charge in [-0.25, -0.2) is 14.6 Å². The summed E-state index contributed by atoms with van der Waals surface area (Å²) in [5, 5.41) is 28.2. The van der Waals surface area contributed by atoms with E-state index in [0.717, 1.165) is 5.56 Å². The Labute approximate surface area is 126 Å². The first-order valence-corrected chi connectivity index (χ1v) is 6.35. The van der Waals surface area contributed by atoms with Crippen LogP contribution in [0.2, 0.25) is 0 Å². The van der Waals surface area contributed by atoms with E-state index in [1.165, 1.54) is 13.0 Å². The lowest BCUT2D eigenvalue weighted by atomic mass is 10.0. The predicted molar refractivity (Wildman–Crippen MR) is 79.9 cm³/mol. The molecule has 2 aromatic rings. The summed E-state index contributed by atoms with van der Waals surface area (Å²) in [6.45, 7) is 1.41. The van der Waals surface area contributed by atoms with Gasteiger partial charge in [0.1, 0.15) is 11.1 Å². The molecule has 1 aromatic carbocycles. The van der Waals surface area contributed by atoms with E-state index >= 15 is 0 Å². The van der Waals surface area contributed by atoms with Gasteiger partial charge in [-0.3, -0.25) is 0 Å². The smallest absolute Gasteiger partial charge is 0.340 e. The minimum Gasteiger partial charge on any atom is -0.505 e. The average Bonchev–Trinajstić information content (AvgIpc) is 2.48. The summed E-state index contributed by atoms with van der Waals surface area (Å²) in [7, 11) is 0. The fourth-order valence-corrected chi connectivity index (χ4v) is 2.00. The zero-order chi connectivity index (χ0) is 16.3. The number of aromatic nitrogens is 1. The van der Waals surface area contributed by atoms with Crippen molar-refractivity contribution in [3.05, 3.63) is 58.4 Å². The Kier molecular flexibility index (Phi) is 4.22. The number of aryl methyl sites for hydroxylation is 1. The van der Waals surface area contributed by atoms with Crippen molar-refractivity contribution < 1.29 is 24.9 Å². The third kappa shape index (κ3) is 2.95. The zero-order valence-corrected chi connectivity index (χ0v) is 11.6. The van der Waals surface area contributed by atoms with Crippen molar-refractivity contribution in [3.8, 4) is 5.75 Å². The number of carbonyl (C=O) groups is 2. The molecule has 0 aliphatic rings. The van der Waals surface area contributed by atoms with Gasteiger partial charge >= 0.3 is 11.9 Å². The van der Waals surface area contributed by atoms with E-state index < -0.39 is 28.8 Å². The predicted octanol–water partition coefficient (Wildman–Crippen LogP) is 2.66. The molecule has 2 rings (SSSR count). The lowest BCUT2D eigenvalue weighted by molar-refractivity contribution is 0.0647. The molecule has 0 saturated carbocycles. The maximum absolute atomic E-state index is 11.4. The number of pyridine rings is 1. The largest absolute Gasteiger partial charge is 0.505 e. The Balaban J connectivity index is 2.63. The molecule has 0 aliphatic carbocycles. The minimum absolute atomic E-state index is 0.0240. The molecule has 22 heavy (non-hydrogen) atoms. The number of aromatic carboxylic acids is 2. The maximum atomic E-state index is 11.4. The van der Waals surface area contributed by atoms with Crippen LogP contribution in [0.4, 0.5) is 0 Å². The Morgan fingerprint density at radius 3 is 2.14 bits per heavy atom. The molecule has 0 atom stereocenters. The highest BCUT2D eigenvalue weighted by molar-refractivity contribution is 6.06. The highest BCUT2D eigenvalue weighted by Crippen LogP contribution is 2.27. The van der Waals surface area contributed by atoms with Crippen LogP contribution in [-0.4, -0.2) is 32.2 Å². The highest BCUT2D eigenvalue weighted by atomic mass is 16.4. The molecule has 0 fully saturated rings. The molecule has 0 spiro atoms. The third-order valence-corrected chi connectivity index (χ3v) is 3.03. The van der Waals surface area contributed by atoms with E-state index in [2.05, 4.69) is 4.98 Å². The number of nitrogens with zero attached hydrogens (tertiary/aromatic N) is 1. The molecule has 1 heterocycles. The number of carboxylic acids is 2. The summed E-state index contributed by atoms with van der Waals surface area (Å²) in [6.07, 6.45) is 3.04. The maximum Gasteiger partial charge on any atom is 0.340 e. The van der Waals surface area contributed by atoms with Crippen LogP contribution in [0.3, 0.4) is 0 Å². The van der Waals surface area contributed by atoms with E-state index in [-0.39, 0.29) is 11.4 Å². The van der Waals surface area contributed by atoms with E-state index in [1.54, 1.807) is 6.08 Å². The second-order valence-electron chi connectivity index (χ2n) is 4.54. The number of rotatable bonds is 4. The summed E-state index contributed by atoms with van der Waals surface area (Å²) in [5.74, 6) is -3.62. The first-order chi connectivity index (χ1) is 10.4. The lowest BCUT2D eigenvalue weighted by Gasteiger charge is -2.09. The molecule has 3 N–H and O–H groups in total. The zero-order valence-electron chi connectivity index (χ0n) is 11.6. The van der Waals surface area contributed by atoms with Gasteiger partial charge in [-0.1, -0.05) is 36.4 Å². The standard InChI is InChI=1S/C16H13NO5/c1-9-14(18)13(16(21)22)12(15(19)20)11(17-9)8-7-10-5-3-2-4-6-10/h2-8,18H,1H3,(H,19,20)(H,21,22)/b8-7+. The summed E-state index contributed by atoms with van der Waals surface area (Å²) in [5.41, 5.74) is -0.363. The molecule has 1 aromatic heterocycles. The van der Waals surface area contributed by atoms with Crippen molar-refractivity contribution >= 4 is 24.1 Å². The Bertz CT molecular complexity index is 766. The van der Waals surface area contributed by atoms with Gasteiger partial charge in [-0.15, -0.1) is 0 Å². The Morgan fingerprint density at radius 1 is 1.00 bits per heavy atom. The van der Waals surface area contributed by atoms with Crippen molar-refractivity contribution in [1.29, 1.82) is 0 Å². The highest BCUT2D eigenvalue weighted by Gasteiger charge is 2.26. The molecular formula is C16H13NO5. The molecule has 112 valence electrons. The monoisotopic (exact) mass is 299 g/mol. The van der Waals surface area contributed by atoms with Gasteiger partial charge in [-0.2, -0.15) is 0 Å². The van der Waals surface area contributed by atoms with Gasteiger partial charge in [0.05, 0.1) is 11.4 Å². The molecular weight excluding hydrogens is 286 g/mol. The van der Waals surface area contributed by atoms with Gasteiger partial charge in [0.25, 0.3) is 0 Å². The summed E-state index contributed by atoms with van der Waals surface area (Å²) >= 11 is 0. The molecule has 6 nitrogen and oxygen atoms in total. The molecule has 0 bridgehead atoms. The van der Waals surface area contributed by atoms with Crippen LogP contribution >= 0.6 is 0 Å². The van der Waals surface area contributed by atoms with Crippen molar-refractivity contribution in [2.75, 3.05) is 0 Å². The Hall–Kier alpha value is -3.15. The van der Waals surface area contributed by atoms with Gasteiger partial charge in [0.15, 0.2) is 5.75 Å². The number of hydrogen-bond acceptors (Lipinski definition) is 4. The van der Waals surface area contributed by atoms with E-state index in [0.29, 0.717) is 0 Å². The van der Waals surface area contributed by atoms with Gasteiger partial charge in [0, 0.05) is 0 Å². The molecule has 0 saturated heterocycles. The van der Waals surface area contributed by atoms with Crippen LogP contribution in [0.1, 0.15) is 37.7 Å². The fourth-order valence-electron chi connectivity index (χ4n) is 2.00. The van der Waals surface area contributed by atoms with Crippen LogP contribution < -0.4 is 0 Å². The average molecular weight is 299 g/mol. The van der Waals surface area contributed by atoms with Crippen molar-refractivity contribution in [1.82, 2.24) is 4.98 Å². The SMILES string of the molecule is Cc1nc(/C=C/c2ccccc2)c(C(=O)O)c(C(=O)O)c1O. The molecule has 0 radical (unpaired) electrons. The van der Waals surface area contributed by atoms with E-state index in [1.807, 2.05) is 30.3 Å².